The van der Waals surface area contributed by atoms with Crippen molar-refractivity contribution in [1.29, 1.82) is 0 Å². The Kier molecular flexibility index (Phi) is 4.01. The number of aromatic nitrogens is 2. The molecule has 0 bridgehead atoms. The van der Waals surface area contributed by atoms with Gasteiger partial charge in [0.15, 0.2) is 0 Å². The molecule has 1 heterocycles. The molecule has 0 spiro atoms. The van der Waals surface area contributed by atoms with Gasteiger partial charge < -0.3 is 20.4 Å². The van der Waals surface area contributed by atoms with Gasteiger partial charge in [0.1, 0.15) is 11.7 Å². The number of nitrogens with two attached hydrogens (primary N) is 1. The van der Waals surface area contributed by atoms with Crippen LogP contribution in [0.4, 0.5) is 0 Å². The number of rotatable bonds is 5. The van der Waals surface area contributed by atoms with Crippen LogP contribution >= 0.6 is 0 Å². The lowest BCUT2D eigenvalue weighted by atomic mass is 10.3. The number of oxime groups is 1. The summed E-state index contributed by atoms with van der Waals surface area (Å²) in [5.41, 5.74) is 7.59. The number of hydrogen-bond donors (Lipinski definition) is 2. The molecule has 0 aliphatic carbocycles. The second kappa shape index (κ2) is 5.71. The van der Waals surface area contributed by atoms with Crippen molar-refractivity contribution < 1.29 is 5.21 Å². The molecule has 0 aliphatic rings. The van der Waals surface area contributed by atoms with Crippen LogP contribution in [0.3, 0.4) is 0 Å². The van der Waals surface area contributed by atoms with Crippen LogP contribution in [-0.2, 0) is 13.0 Å². The van der Waals surface area contributed by atoms with Crippen LogP contribution in [0.5, 0.6) is 0 Å². The van der Waals surface area contributed by atoms with Gasteiger partial charge in [-0.15, -0.1) is 0 Å². The molecule has 0 atom stereocenters. The van der Waals surface area contributed by atoms with Crippen molar-refractivity contribution in [1.82, 2.24) is 14.5 Å². The van der Waals surface area contributed by atoms with Gasteiger partial charge in [0.25, 0.3) is 0 Å². The Bertz CT molecular complexity index is 588. The van der Waals surface area contributed by atoms with E-state index in [1.165, 1.54) is 0 Å². The molecule has 0 fully saturated rings. The number of benzene rings is 1. The Morgan fingerprint density at radius 2 is 2.16 bits per heavy atom. The van der Waals surface area contributed by atoms with Gasteiger partial charge in [0.05, 0.1) is 17.5 Å². The van der Waals surface area contributed by atoms with Gasteiger partial charge in [0, 0.05) is 13.1 Å². The van der Waals surface area contributed by atoms with Crippen LogP contribution in [-0.4, -0.2) is 46.1 Å². The van der Waals surface area contributed by atoms with Crippen molar-refractivity contribution in [2.24, 2.45) is 10.9 Å². The largest absolute Gasteiger partial charge is 0.409 e. The Morgan fingerprint density at radius 3 is 2.84 bits per heavy atom. The van der Waals surface area contributed by atoms with E-state index in [4.69, 9.17) is 10.9 Å². The van der Waals surface area contributed by atoms with E-state index in [9.17, 15) is 0 Å². The average Bonchev–Trinajstić information content (AvgIpc) is 2.73. The van der Waals surface area contributed by atoms with E-state index in [0.717, 1.165) is 29.9 Å². The van der Waals surface area contributed by atoms with Crippen LogP contribution in [0.2, 0.25) is 0 Å². The van der Waals surface area contributed by atoms with E-state index < -0.39 is 0 Å². The molecule has 0 saturated carbocycles. The highest BCUT2D eigenvalue weighted by molar-refractivity contribution is 5.83. The highest BCUT2D eigenvalue weighted by atomic mass is 16.4. The van der Waals surface area contributed by atoms with E-state index in [1.807, 2.05) is 38.4 Å². The number of imidazole rings is 1. The summed E-state index contributed by atoms with van der Waals surface area (Å²) in [6.45, 7) is 1.73. The molecule has 1 aromatic carbocycles. The van der Waals surface area contributed by atoms with Crippen molar-refractivity contribution in [2.75, 3.05) is 20.6 Å². The lowest BCUT2D eigenvalue weighted by molar-refractivity contribution is 0.317. The number of nitrogens with zero attached hydrogens (tertiary/aromatic N) is 4. The summed E-state index contributed by atoms with van der Waals surface area (Å²) in [5.74, 6) is 0.986. The van der Waals surface area contributed by atoms with Gasteiger partial charge >= 0.3 is 0 Å². The van der Waals surface area contributed by atoms with Crippen molar-refractivity contribution in [2.45, 2.75) is 13.0 Å². The lowest BCUT2D eigenvalue weighted by Gasteiger charge is -2.13. The molecule has 0 saturated heterocycles. The maximum atomic E-state index is 8.70. The van der Waals surface area contributed by atoms with Crippen LogP contribution < -0.4 is 5.73 Å². The standard InChI is InChI=1S/C13H19N5O/c1-17(2)7-8-18-11-6-4-3-5-10(11)15-13(18)9-12(14)16-19/h3-6,19H,7-9H2,1-2H3,(H2,14,16). The Balaban J connectivity index is 2.39. The molecule has 19 heavy (non-hydrogen) atoms. The third-order valence-corrected chi connectivity index (χ3v) is 2.97. The highest BCUT2D eigenvalue weighted by Gasteiger charge is 2.11. The molecular formula is C13H19N5O. The SMILES string of the molecule is CN(C)CCn1c(CC(N)=NO)nc2ccccc21. The minimum atomic E-state index is 0.168. The molecule has 6 nitrogen and oxygen atoms in total. The van der Waals surface area contributed by atoms with Gasteiger partial charge in [-0.05, 0) is 26.2 Å². The first-order chi connectivity index (χ1) is 9.11. The number of likely N-dealkylation sites (N-methyl/N-ethyl adjacent to an activating group) is 1. The minimum absolute atomic E-state index is 0.168. The third kappa shape index (κ3) is 3.03. The van der Waals surface area contributed by atoms with E-state index in [2.05, 4.69) is 19.6 Å². The lowest BCUT2D eigenvalue weighted by Crippen LogP contribution is -2.22. The summed E-state index contributed by atoms with van der Waals surface area (Å²) < 4.78 is 2.12. The van der Waals surface area contributed by atoms with Crippen LogP contribution in [0, 0.1) is 0 Å². The third-order valence-electron chi connectivity index (χ3n) is 2.97. The normalized spacial score (nSPS) is 12.5. The average molecular weight is 261 g/mol. The quantitative estimate of drug-likeness (QED) is 0.362. The minimum Gasteiger partial charge on any atom is -0.409 e. The first-order valence-electron chi connectivity index (χ1n) is 6.17. The monoisotopic (exact) mass is 261 g/mol. The first-order valence-corrected chi connectivity index (χ1v) is 6.17. The van der Waals surface area contributed by atoms with Crippen molar-refractivity contribution in [3.63, 3.8) is 0 Å². The van der Waals surface area contributed by atoms with Crippen LogP contribution in [0.25, 0.3) is 11.0 Å². The summed E-state index contributed by atoms with van der Waals surface area (Å²) in [6.07, 6.45) is 0.346. The highest BCUT2D eigenvalue weighted by Crippen LogP contribution is 2.16. The van der Waals surface area contributed by atoms with E-state index >= 15 is 0 Å². The fourth-order valence-electron chi connectivity index (χ4n) is 2.01. The number of hydrogen-bond acceptors (Lipinski definition) is 4. The van der Waals surface area contributed by atoms with E-state index in [-0.39, 0.29) is 5.84 Å². The van der Waals surface area contributed by atoms with Crippen molar-refractivity contribution >= 4 is 16.9 Å². The summed E-state index contributed by atoms with van der Waals surface area (Å²) in [7, 11) is 4.06. The zero-order valence-electron chi connectivity index (χ0n) is 11.2. The van der Waals surface area contributed by atoms with Gasteiger partial charge in [0.2, 0.25) is 0 Å². The van der Waals surface area contributed by atoms with Crippen molar-refractivity contribution in [3.8, 4) is 0 Å². The Hall–Kier alpha value is -2.08. The molecule has 2 aromatic rings. The smallest absolute Gasteiger partial charge is 0.146 e. The van der Waals surface area contributed by atoms with Crippen molar-refractivity contribution in [3.05, 3.63) is 30.1 Å². The van der Waals surface area contributed by atoms with Crippen LogP contribution in [0.15, 0.2) is 29.4 Å². The predicted molar refractivity (Wildman–Crippen MR) is 75.4 cm³/mol. The molecule has 2 rings (SSSR count). The second-order valence-corrected chi connectivity index (χ2v) is 4.74. The maximum Gasteiger partial charge on any atom is 0.146 e. The van der Waals surface area contributed by atoms with Gasteiger partial charge in [-0.3, -0.25) is 0 Å². The zero-order chi connectivity index (χ0) is 13.8. The van der Waals surface area contributed by atoms with E-state index in [0.29, 0.717) is 6.42 Å². The molecule has 0 amide bonds. The fraction of sp³-hybridized carbons (Fsp3) is 0.385. The van der Waals surface area contributed by atoms with Gasteiger partial charge in [-0.25, -0.2) is 4.98 Å². The fourth-order valence-corrected chi connectivity index (χ4v) is 2.01. The Labute approximate surface area is 112 Å². The molecule has 0 radical (unpaired) electrons. The topological polar surface area (TPSA) is 79.7 Å². The molecule has 6 heteroatoms. The van der Waals surface area contributed by atoms with Gasteiger partial charge in [-0.2, -0.15) is 0 Å². The maximum absolute atomic E-state index is 8.70. The molecule has 102 valence electrons. The first kappa shape index (κ1) is 13.4. The number of fused-ring (bicyclic) bond motifs is 1. The Morgan fingerprint density at radius 1 is 1.42 bits per heavy atom. The molecule has 1 aromatic heterocycles. The zero-order valence-corrected chi connectivity index (χ0v) is 11.2. The van der Waals surface area contributed by atoms with Crippen LogP contribution in [0.1, 0.15) is 5.82 Å². The van der Waals surface area contributed by atoms with E-state index in [1.54, 1.807) is 0 Å². The second-order valence-electron chi connectivity index (χ2n) is 4.74. The molecular weight excluding hydrogens is 242 g/mol. The summed E-state index contributed by atoms with van der Waals surface area (Å²) in [6, 6.07) is 7.95. The molecule has 0 aliphatic heterocycles. The predicted octanol–water partition coefficient (Wildman–Crippen LogP) is 0.887. The number of para-hydroxylation sites is 2. The number of amidine groups is 1. The van der Waals surface area contributed by atoms with Gasteiger partial charge in [-0.1, -0.05) is 17.3 Å². The summed E-state index contributed by atoms with van der Waals surface area (Å²) >= 11 is 0. The summed E-state index contributed by atoms with van der Waals surface area (Å²) in [4.78, 5) is 6.66. The molecule has 3 N–H and O–H groups in total. The summed E-state index contributed by atoms with van der Waals surface area (Å²) in [5, 5.41) is 11.7. The molecule has 0 unspecified atom stereocenters.